The highest BCUT2D eigenvalue weighted by Crippen LogP contribution is 2.60. The van der Waals surface area contributed by atoms with Crippen LogP contribution < -0.4 is 5.11 Å². The molecule has 0 unspecified atom stereocenters. The van der Waals surface area contributed by atoms with E-state index in [4.69, 9.17) is 4.74 Å². The zero-order chi connectivity index (χ0) is 12.9. The van der Waals surface area contributed by atoms with Crippen LogP contribution >= 0.6 is 0 Å². The lowest BCUT2D eigenvalue weighted by Crippen LogP contribution is -2.61. The molecule has 0 saturated heterocycles. The molecule has 4 rings (SSSR count). The molecule has 100 valence electrons. The van der Waals surface area contributed by atoms with Gasteiger partial charge in [-0.15, -0.1) is 0 Å². The average molecular weight is 251 g/mol. The van der Waals surface area contributed by atoms with Crippen LogP contribution in [0.4, 0.5) is 0 Å². The van der Waals surface area contributed by atoms with Gasteiger partial charge in [-0.2, -0.15) is 0 Å². The van der Waals surface area contributed by atoms with Crippen molar-refractivity contribution in [2.75, 3.05) is 0 Å². The number of aliphatic carboxylic acids is 1. The molecule has 0 radical (unpaired) electrons. The van der Waals surface area contributed by atoms with Crippen LogP contribution in [0.5, 0.6) is 0 Å². The fourth-order valence-electron chi connectivity index (χ4n) is 4.97. The molecule has 4 heteroatoms. The highest BCUT2D eigenvalue weighted by atomic mass is 16.6. The molecule has 4 nitrogen and oxygen atoms in total. The van der Waals surface area contributed by atoms with E-state index in [0.717, 1.165) is 37.5 Å². The Morgan fingerprint density at radius 1 is 1.11 bits per heavy atom. The summed E-state index contributed by atoms with van der Waals surface area (Å²) < 4.78 is 5.57. The average Bonchev–Trinajstić information content (AvgIpc) is 2.23. The lowest BCUT2D eigenvalue weighted by atomic mass is 9.49. The Morgan fingerprint density at radius 2 is 1.61 bits per heavy atom. The largest absolute Gasteiger partial charge is 0.550 e. The van der Waals surface area contributed by atoms with E-state index in [2.05, 4.69) is 0 Å². The number of hydrogen-bond donors (Lipinski definition) is 0. The number of hydrogen-bond acceptors (Lipinski definition) is 4. The molecule has 4 fully saturated rings. The third-order valence-electron chi connectivity index (χ3n) is 5.27. The van der Waals surface area contributed by atoms with Crippen molar-refractivity contribution >= 4 is 11.9 Å². The maximum atomic E-state index is 11.4. The highest BCUT2D eigenvalue weighted by Gasteiger charge is 2.59. The first-order valence-electron chi connectivity index (χ1n) is 6.89. The second-order valence-corrected chi connectivity index (χ2v) is 6.40. The number of carboxylic acids is 1. The van der Waals surface area contributed by atoms with Crippen molar-refractivity contribution in [2.24, 2.45) is 23.7 Å². The van der Waals surface area contributed by atoms with Gasteiger partial charge in [0.15, 0.2) is 0 Å². The first-order valence-corrected chi connectivity index (χ1v) is 6.89. The number of carbonyl (C=O) groups excluding carboxylic acids is 2. The van der Waals surface area contributed by atoms with Crippen LogP contribution in [0.25, 0.3) is 0 Å². The van der Waals surface area contributed by atoms with Gasteiger partial charge < -0.3 is 14.6 Å². The molecule has 0 aromatic rings. The van der Waals surface area contributed by atoms with Gasteiger partial charge in [0, 0.05) is 19.3 Å². The summed E-state index contributed by atoms with van der Waals surface area (Å²) >= 11 is 0. The summed E-state index contributed by atoms with van der Waals surface area (Å²) in [6, 6.07) is 0. The van der Waals surface area contributed by atoms with Gasteiger partial charge in [-0.1, -0.05) is 0 Å². The van der Waals surface area contributed by atoms with Gasteiger partial charge >= 0.3 is 5.97 Å². The first-order chi connectivity index (χ1) is 8.49. The van der Waals surface area contributed by atoms with Gasteiger partial charge in [-0.3, -0.25) is 4.79 Å². The third-order valence-corrected chi connectivity index (χ3v) is 5.27. The summed E-state index contributed by atoms with van der Waals surface area (Å²) in [5, 5.41) is 11.1. The van der Waals surface area contributed by atoms with Crippen LogP contribution in [0.2, 0.25) is 0 Å². The minimum Gasteiger partial charge on any atom is -0.550 e. The Bertz CT molecular complexity index is 341. The van der Waals surface area contributed by atoms with E-state index in [9.17, 15) is 14.7 Å². The van der Waals surface area contributed by atoms with Crippen molar-refractivity contribution in [3.05, 3.63) is 0 Å². The summed E-state index contributed by atoms with van der Waals surface area (Å²) in [4.78, 5) is 22.5. The van der Waals surface area contributed by atoms with Gasteiger partial charge in [0.05, 0.1) is 0 Å². The number of carboxylic acid groups (broad SMARTS) is 1. The van der Waals surface area contributed by atoms with Gasteiger partial charge in [0.2, 0.25) is 0 Å². The smallest absolute Gasteiger partial charge is 0.303 e. The van der Waals surface area contributed by atoms with E-state index in [1.54, 1.807) is 0 Å². The third kappa shape index (κ3) is 1.73. The lowest BCUT2D eigenvalue weighted by Gasteiger charge is -2.60. The number of rotatable bonds is 3. The van der Waals surface area contributed by atoms with Crippen molar-refractivity contribution in [1.82, 2.24) is 0 Å². The van der Waals surface area contributed by atoms with Gasteiger partial charge in [0.1, 0.15) is 5.60 Å². The van der Waals surface area contributed by atoms with Crippen LogP contribution in [0.15, 0.2) is 0 Å². The van der Waals surface area contributed by atoms with E-state index in [1.165, 1.54) is 13.3 Å². The molecule has 0 aromatic carbocycles. The molecule has 18 heavy (non-hydrogen) atoms. The zero-order valence-corrected chi connectivity index (χ0v) is 10.7. The summed E-state index contributed by atoms with van der Waals surface area (Å²) in [6.45, 7) is 1.38. The second-order valence-electron chi connectivity index (χ2n) is 6.40. The fourth-order valence-corrected chi connectivity index (χ4v) is 4.97. The number of esters is 1. The van der Waals surface area contributed by atoms with Crippen molar-refractivity contribution in [3.8, 4) is 0 Å². The Hall–Kier alpha value is -1.06. The quantitative estimate of drug-likeness (QED) is 0.698. The summed E-state index contributed by atoms with van der Waals surface area (Å²) in [5.74, 6) is 0.453. The molecule has 4 saturated carbocycles. The standard InChI is InChI=1S/C14H20O4/c1-8(15)18-14(7-13(16)17)11-3-9-2-10(5-11)6-12(14)4-9/h9-12H,2-7H2,1H3,(H,16,17)/p-1. The minimum absolute atomic E-state index is 0.124. The Balaban J connectivity index is 1.92. The van der Waals surface area contributed by atoms with Crippen LogP contribution in [-0.4, -0.2) is 17.5 Å². The maximum Gasteiger partial charge on any atom is 0.303 e. The highest BCUT2D eigenvalue weighted by molar-refractivity contribution is 5.70. The van der Waals surface area contributed by atoms with E-state index in [0.29, 0.717) is 0 Å². The predicted octanol–water partition coefficient (Wildman–Crippen LogP) is 0.884. The summed E-state index contributed by atoms with van der Waals surface area (Å²) in [7, 11) is 0. The van der Waals surface area contributed by atoms with Crippen LogP contribution in [0.3, 0.4) is 0 Å². The molecule has 4 aliphatic rings. The predicted molar refractivity (Wildman–Crippen MR) is 61.2 cm³/mol. The molecule has 0 atom stereocenters. The Labute approximate surface area is 107 Å². The topological polar surface area (TPSA) is 66.4 Å². The van der Waals surface area contributed by atoms with Crippen molar-refractivity contribution in [1.29, 1.82) is 0 Å². The zero-order valence-electron chi connectivity index (χ0n) is 10.7. The van der Waals surface area contributed by atoms with E-state index < -0.39 is 11.6 Å². The Morgan fingerprint density at radius 3 is 2.00 bits per heavy atom. The normalized spacial score (nSPS) is 44.9. The molecular weight excluding hydrogens is 232 g/mol. The molecule has 0 N–H and O–H groups in total. The Kier molecular flexibility index (Phi) is 2.65. The SMILES string of the molecule is CC(=O)OC1(CC(=O)[O-])C2CC3CC(C2)CC1C3. The monoisotopic (exact) mass is 251 g/mol. The molecule has 0 aromatic heterocycles. The van der Waals surface area contributed by atoms with E-state index in [1.807, 2.05) is 0 Å². The van der Waals surface area contributed by atoms with Crippen LogP contribution in [0.1, 0.15) is 45.4 Å². The van der Waals surface area contributed by atoms with E-state index in [-0.39, 0.29) is 24.2 Å². The van der Waals surface area contributed by atoms with Crippen LogP contribution in [-0.2, 0) is 14.3 Å². The van der Waals surface area contributed by atoms with Crippen LogP contribution in [0, 0.1) is 23.7 Å². The summed E-state index contributed by atoms with van der Waals surface area (Å²) in [5.41, 5.74) is -0.766. The second kappa shape index (κ2) is 3.97. The molecule has 0 heterocycles. The van der Waals surface area contributed by atoms with E-state index >= 15 is 0 Å². The van der Waals surface area contributed by atoms with Crippen molar-refractivity contribution in [3.63, 3.8) is 0 Å². The number of carbonyl (C=O) groups is 2. The number of ether oxygens (including phenoxy) is 1. The molecule has 0 amide bonds. The van der Waals surface area contributed by atoms with Crippen molar-refractivity contribution < 1.29 is 19.4 Å². The lowest BCUT2D eigenvalue weighted by molar-refractivity contribution is -0.314. The molecule has 4 bridgehead atoms. The fraction of sp³-hybridized carbons (Fsp3) is 0.857. The molecule has 0 aliphatic heterocycles. The van der Waals surface area contributed by atoms with Gasteiger partial charge in [-0.05, 0) is 55.8 Å². The molecular formula is C14H19O4-. The maximum absolute atomic E-state index is 11.4. The first kappa shape index (κ1) is 12.0. The molecule has 0 spiro atoms. The van der Waals surface area contributed by atoms with Gasteiger partial charge in [0.25, 0.3) is 0 Å². The minimum atomic E-state index is -1.09. The van der Waals surface area contributed by atoms with Gasteiger partial charge in [-0.25, -0.2) is 0 Å². The molecule has 4 aliphatic carbocycles. The summed E-state index contributed by atoms with van der Waals surface area (Å²) in [6.07, 6.45) is 5.25. The van der Waals surface area contributed by atoms with Crippen molar-refractivity contribution in [2.45, 2.75) is 51.0 Å².